The van der Waals surface area contributed by atoms with Gasteiger partial charge in [-0.1, -0.05) is 13.8 Å². The van der Waals surface area contributed by atoms with E-state index in [1.54, 1.807) is 11.3 Å². The minimum absolute atomic E-state index is 0. The van der Waals surface area contributed by atoms with Gasteiger partial charge in [-0.25, -0.2) is 0 Å². The normalized spacial score (nSPS) is 20.8. The van der Waals surface area contributed by atoms with Crippen LogP contribution in [-0.2, 0) is 0 Å². The summed E-state index contributed by atoms with van der Waals surface area (Å²) in [6, 6.07) is 2.11. The molecule has 5 heteroatoms. The largest absolute Gasteiger partial charge is 0.338 e. The maximum Gasteiger partial charge on any atom is 0.264 e. The maximum atomic E-state index is 12.7. The minimum Gasteiger partial charge on any atom is -0.338 e. The first-order valence-corrected chi connectivity index (χ1v) is 8.57. The van der Waals surface area contributed by atoms with Crippen molar-refractivity contribution >= 4 is 29.7 Å². The molecule has 21 heavy (non-hydrogen) atoms. The highest BCUT2D eigenvalue weighted by Crippen LogP contribution is 2.37. The molecule has 0 aromatic carbocycles. The van der Waals surface area contributed by atoms with Gasteiger partial charge in [-0.2, -0.15) is 0 Å². The molecule has 2 aliphatic heterocycles. The average molecular weight is 329 g/mol. The first-order chi connectivity index (χ1) is 9.61. The quantitative estimate of drug-likeness (QED) is 0.901. The molecule has 3 nitrogen and oxygen atoms in total. The standard InChI is InChI=1S/C16H24N2OS.ClH/c1-12(2)13-3-10-20-14(13)15(19)18-8-5-16(6-9-18)4-7-17-11-16;/h3,10,12,17H,4-9,11H2,1-2H3;1H. The maximum absolute atomic E-state index is 12.7. The third kappa shape index (κ3) is 3.27. The Labute approximate surface area is 137 Å². The van der Waals surface area contributed by atoms with Crippen LogP contribution in [0.15, 0.2) is 11.4 Å². The number of nitrogens with one attached hydrogen (secondary N) is 1. The average Bonchev–Trinajstić information content (AvgIpc) is 3.08. The predicted molar refractivity (Wildman–Crippen MR) is 90.7 cm³/mol. The summed E-state index contributed by atoms with van der Waals surface area (Å²) in [5, 5.41) is 5.53. The Morgan fingerprint density at radius 1 is 1.33 bits per heavy atom. The number of amides is 1. The highest BCUT2D eigenvalue weighted by Gasteiger charge is 2.38. The number of hydrogen-bond donors (Lipinski definition) is 1. The Morgan fingerprint density at radius 3 is 2.62 bits per heavy atom. The second kappa shape index (κ2) is 6.67. The van der Waals surface area contributed by atoms with Crippen LogP contribution in [0.1, 0.15) is 54.3 Å². The second-order valence-corrected chi connectivity index (χ2v) is 7.49. The van der Waals surface area contributed by atoms with Gasteiger partial charge in [-0.3, -0.25) is 4.79 Å². The van der Waals surface area contributed by atoms with Crippen LogP contribution in [0.2, 0.25) is 0 Å². The number of hydrogen-bond acceptors (Lipinski definition) is 3. The lowest BCUT2D eigenvalue weighted by molar-refractivity contribution is 0.0611. The molecule has 2 saturated heterocycles. The monoisotopic (exact) mass is 328 g/mol. The molecule has 1 aromatic heterocycles. The van der Waals surface area contributed by atoms with Crippen molar-refractivity contribution < 1.29 is 4.79 Å². The third-order valence-electron chi connectivity index (χ3n) is 4.96. The first kappa shape index (κ1) is 16.8. The van der Waals surface area contributed by atoms with E-state index in [2.05, 4.69) is 35.5 Å². The molecule has 0 bridgehead atoms. The zero-order valence-corrected chi connectivity index (χ0v) is 14.5. The van der Waals surface area contributed by atoms with Crippen LogP contribution in [0.3, 0.4) is 0 Å². The Balaban J connectivity index is 0.00000161. The zero-order valence-electron chi connectivity index (χ0n) is 12.9. The fourth-order valence-corrected chi connectivity index (χ4v) is 4.52. The number of carbonyl (C=O) groups excluding carboxylic acids is 1. The van der Waals surface area contributed by atoms with Gasteiger partial charge in [0.15, 0.2) is 0 Å². The fourth-order valence-electron chi connectivity index (χ4n) is 3.50. The van der Waals surface area contributed by atoms with Crippen LogP contribution < -0.4 is 5.32 Å². The van der Waals surface area contributed by atoms with E-state index in [1.807, 2.05) is 0 Å². The van der Waals surface area contributed by atoms with Crippen molar-refractivity contribution in [3.8, 4) is 0 Å². The van der Waals surface area contributed by atoms with Gasteiger partial charge in [-0.05, 0) is 54.1 Å². The SMILES string of the molecule is CC(C)c1ccsc1C(=O)N1CCC2(CCNC2)CC1.Cl. The summed E-state index contributed by atoms with van der Waals surface area (Å²) in [6.45, 7) is 8.47. The molecule has 1 amide bonds. The van der Waals surface area contributed by atoms with Gasteiger partial charge in [0.1, 0.15) is 0 Å². The lowest BCUT2D eigenvalue weighted by Crippen LogP contribution is -2.44. The smallest absolute Gasteiger partial charge is 0.264 e. The molecule has 3 rings (SSSR count). The molecule has 3 heterocycles. The molecule has 0 saturated carbocycles. The Kier molecular flexibility index (Phi) is 5.33. The van der Waals surface area contributed by atoms with E-state index in [0.29, 0.717) is 11.3 Å². The van der Waals surface area contributed by atoms with E-state index in [4.69, 9.17) is 0 Å². The van der Waals surface area contributed by atoms with E-state index < -0.39 is 0 Å². The lowest BCUT2D eigenvalue weighted by Gasteiger charge is -2.38. The molecule has 2 fully saturated rings. The summed E-state index contributed by atoms with van der Waals surface area (Å²) >= 11 is 1.60. The summed E-state index contributed by atoms with van der Waals surface area (Å²) in [5.74, 6) is 0.680. The Bertz CT molecular complexity index is 484. The van der Waals surface area contributed by atoms with Crippen molar-refractivity contribution in [3.05, 3.63) is 21.9 Å². The number of nitrogens with zero attached hydrogens (tertiary/aromatic N) is 1. The molecule has 0 radical (unpaired) electrons. The van der Waals surface area contributed by atoms with Crippen molar-refractivity contribution in [2.75, 3.05) is 26.2 Å². The van der Waals surface area contributed by atoms with Gasteiger partial charge >= 0.3 is 0 Å². The third-order valence-corrected chi connectivity index (χ3v) is 5.87. The number of thiophene rings is 1. The van der Waals surface area contributed by atoms with Gasteiger partial charge in [0.25, 0.3) is 5.91 Å². The van der Waals surface area contributed by atoms with Crippen LogP contribution in [0.25, 0.3) is 0 Å². The zero-order chi connectivity index (χ0) is 14.2. The number of carbonyl (C=O) groups is 1. The van der Waals surface area contributed by atoms with E-state index in [0.717, 1.165) is 43.9 Å². The number of rotatable bonds is 2. The predicted octanol–water partition coefficient (Wildman–Crippen LogP) is 3.51. The molecule has 1 spiro atoms. The first-order valence-electron chi connectivity index (χ1n) is 7.69. The van der Waals surface area contributed by atoms with E-state index in [9.17, 15) is 4.79 Å². The molecule has 0 aliphatic carbocycles. The number of halogens is 1. The van der Waals surface area contributed by atoms with Gasteiger partial charge in [0.05, 0.1) is 4.88 Å². The highest BCUT2D eigenvalue weighted by atomic mass is 35.5. The van der Waals surface area contributed by atoms with Crippen LogP contribution in [0.4, 0.5) is 0 Å². The summed E-state index contributed by atoms with van der Waals surface area (Å²) < 4.78 is 0. The van der Waals surface area contributed by atoms with Gasteiger partial charge in [-0.15, -0.1) is 23.7 Å². The highest BCUT2D eigenvalue weighted by molar-refractivity contribution is 7.12. The number of piperidine rings is 1. The molecule has 1 aromatic rings. The van der Waals surface area contributed by atoms with Gasteiger partial charge in [0, 0.05) is 19.6 Å². The van der Waals surface area contributed by atoms with Crippen molar-refractivity contribution in [2.24, 2.45) is 5.41 Å². The molecule has 0 atom stereocenters. The van der Waals surface area contributed by atoms with Gasteiger partial charge in [0.2, 0.25) is 0 Å². The molecule has 2 aliphatic rings. The molecule has 0 unspecified atom stereocenters. The van der Waals surface area contributed by atoms with Crippen LogP contribution in [-0.4, -0.2) is 37.0 Å². The van der Waals surface area contributed by atoms with Crippen LogP contribution in [0, 0.1) is 5.41 Å². The summed E-state index contributed by atoms with van der Waals surface area (Å²) in [5.41, 5.74) is 1.69. The van der Waals surface area contributed by atoms with Crippen LogP contribution >= 0.6 is 23.7 Å². The fraction of sp³-hybridized carbons (Fsp3) is 0.688. The molecule has 1 N–H and O–H groups in total. The minimum atomic E-state index is 0. The van der Waals surface area contributed by atoms with Crippen molar-refractivity contribution in [2.45, 2.75) is 39.0 Å². The summed E-state index contributed by atoms with van der Waals surface area (Å²) in [4.78, 5) is 15.7. The summed E-state index contributed by atoms with van der Waals surface area (Å²) in [6.07, 6.45) is 3.60. The molecular formula is C16H25ClN2OS. The van der Waals surface area contributed by atoms with E-state index in [-0.39, 0.29) is 18.3 Å². The molecular weight excluding hydrogens is 304 g/mol. The van der Waals surface area contributed by atoms with Gasteiger partial charge < -0.3 is 10.2 Å². The van der Waals surface area contributed by atoms with Crippen molar-refractivity contribution in [1.29, 1.82) is 0 Å². The lowest BCUT2D eigenvalue weighted by atomic mass is 9.78. The van der Waals surface area contributed by atoms with E-state index in [1.165, 1.54) is 12.0 Å². The van der Waals surface area contributed by atoms with Crippen LogP contribution in [0.5, 0.6) is 0 Å². The van der Waals surface area contributed by atoms with Crippen molar-refractivity contribution in [3.63, 3.8) is 0 Å². The van der Waals surface area contributed by atoms with E-state index >= 15 is 0 Å². The second-order valence-electron chi connectivity index (χ2n) is 6.58. The number of likely N-dealkylation sites (tertiary alicyclic amines) is 1. The topological polar surface area (TPSA) is 32.3 Å². The summed E-state index contributed by atoms with van der Waals surface area (Å²) in [7, 11) is 0. The Hall–Kier alpha value is -0.580. The molecule has 118 valence electrons. The Morgan fingerprint density at radius 2 is 2.05 bits per heavy atom. The van der Waals surface area contributed by atoms with Crippen molar-refractivity contribution in [1.82, 2.24) is 10.2 Å².